The largest absolute Gasteiger partial charge is 0.345 e. The summed E-state index contributed by atoms with van der Waals surface area (Å²) < 4.78 is 60.4. The fourth-order valence-corrected chi connectivity index (χ4v) is 5.11. The summed E-state index contributed by atoms with van der Waals surface area (Å²) >= 11 is 1.22. The van der Waals surface area contributed by atoms with E-state index in [0.717, 1.165) is 12.1 Å². The number of halogens is 2. The van der Waals surface area contributed by atoms with Gasteiger partial charge in [-0.25, -0.2) is 31.6 Å². The van der Waals surface area contributed by atoms with Gasteiger partial charge in [-0.1, -0.05) is 6.92 Å². The van der Waals surface area contributed by atoms with Gasteiger partial charge in [0.05, 0.1) is 39.4 Å². The summed E-state index contributed by atoms with van der Waals surface area (Å²) in [7, 11) is -3.89. The third-order valence-corrected chi connectivity index (χ3v) is 7.08. The second-order valence-corrected chi connectivity index (χ2v) is 10.2. The van der Waals surface area contributed by atoms with Crippen molar-refractivity contribution in [3.63, 3.8) is 0 Å². The summed E-state index contributed by atoms with van der Waals surface area (Å²) in [5, 5.41) is 11.3. The van der Waals surface area contributed by atoms with E-state index < -0.39 is 38.7 Å². The van der Waals surface area contributed by atoms with E-state index in [0.29, 0.717) is 11.4 Å². The van der Waals surface area contributed by atoms with Gasteiger partial charge in [0.15, 0.2) is 5.82 Å². The number of aromatic nitrogens is 3. The summed E-state index contributed by atoms with van der Waals surface area (Å²) in [6.45, 7) is 1.64. The van der Waals surface area contributed by atoms with Crippen molar-refractivity contribution in [2.24, 2.45) is 4.40 Å². The number of ketones is 1. The molecule has 14 heteroatoms. The van der Waals surface area contributed by atoms with Gasteiger partial charge in [0.1, 0.15) is 23.6 Å². The van der Waals surface area contributed by atoms with Crippen LogP contribution in [0, 0.1) is 17.0 Å². The van der Waals surface area contributed by atoms with Gasteiger partial charge in [-0.05, 0) is 48.7 Å². The number of carbonyl (C=O) groups is 1. The van der Waals surface area contributed by atoms with Crippen molar-refractivity contribution in [1.29, 1.82) is 5.41 Å². The Balaban J connectivity index is 1.74. The molecule has 1 aliphatic rings. The zero-order valence-corrected chi connectivity index (χ0v) is 21.2. The minimum absolute atomic E-state index is 0.135. The molecule has 0 spiro atoms. The topological polar surface area (TPSA) is 153 Å². The minimum Gasteiger partial charge on any atom is -0.345 e. The molecule has 0 unspecified atom stereocenters. The van der Waals surface area contributed by atoms with Crippen LogP contribution in [0.1, 0.15) is 29.3 Å². The fraction of sp³-hybridized carbons (Fsp3) is 0.174. The quantitative estimate of drug-likeness (QED) is 0.178. The molecule has 0 bridgehead atoms. The Hall–Kier alpha value is -3.91. The smallest absolute Gasteiger partial charge is 0.232 e. The minimum atomic E-state index is -3.89. The molecular formula is C23H21F2N7O3S2. The van der Waals surface area contributed by atoms with Gasteiger partial charge < -0.3 is 10.3 Å². The Morgan fingerprint density at radius 3 is 2.73 bits per heavy atom. The van der Waals surface area contributed by atoms with Gasteiger partial charge in [-0.2, -0.15) is 0 Å². The summed E-state index contributed by atoms with van der Waals surface area (Å²) in [5.74, 6) is -3.64. The lowest BCUT2D eigenvalue weighted by atomic mass is 10.0. The third-order valence-electron chi connectivity index (χ3n) is 5.22. The average Bonchev–Trinajstić information content (AvgIpc) is 3.28. The zero-order chi connectivity index (χ0) is 26.7. The van der Waals surface area contributed by atoms with E-state index in [1.54, 1.807) is 25.3 Å². The molecule has 0 saturated carbocycles. The van der Waals surface area contributed by atoms with Crippen LogP contribution in [-0.2, 0) is 10.0 Å². The average molecular weight is 546 g/mol. The molecule has 2 aromatic heterocycles. The molecule has 0 aliphatic heterocycles. The highest BCUT2D eigenvalue weighted by atomic mass is 32.2. The Bertz CT molecular complexity index is 1610. The standard InChI is InChI=1S/C23H21F2N7O3S2/c1-3-8-37(34,35)32-17-7-5-14(24)19(20(17)25)21(33)13-10-27-22-18(13)23(29-11-28-22)30-12-4-6-16(31-36-2)15(26)9-12/h4-7,9-11,26,32H,3,8H2,1-2H3,(H2,27,28,29,30)/b26-15?,31-16-. The van der Waals surface area contributed by atoms with Crippen molar-refractivity contribution in [2.45, 2.75) is 13.3 Å². The molecule has 0 amide bonds. The second kappa shape index (κ2) is 10.6. The maximum atomic E-state index is 15.3. The van der Waals surface area contributed by atoms with Crippen molar-refractivity contribution in [3.8, 4) is 0 Å². The van der Waals surface area contributed by atoms with Gasteiger partial charge in [0.25, 0.3) is 0 Å². The predicted molar refractivity (Wildman–Crippen MR) is 141 cm³/mol. The first-order valence-electron chi connectivity index (χ1n) is 10.9. The number of hydrogen-bond acceptors (Lipinski definition) is 9. The molecule has 0 fully saturated rings. The van der Waals surface area contributed by atoms with Crippen molar-refractivity contribution in [2.75, 3.05) is 22.0 Å². The molecule has 37 heavy (non-hydrogen) atoms. The Morgan fingerprint density at radius 2 is 2.03 bits per heavy atom. The number of aromatic amines is 1. The van der Waals surface area contributed by atoms with E-state index in [9.17, 15) is 17.6 Å². The van der Waals surface area contributed by atoms with Crippen LogP contribution < -0.4 is 10.0 Å². The number of fused-ring (bicyclic) bond motifs is 1. The number of nitrogens with one attached hydrogen (secondary N) is 4. The first kappa shape index (κ1) is 26.2. The maximum absolute atomic E-state index is 15.3. The summed E-state index contributed by atoms with van der Waals surface area (Å²) in [5.41, 5.74) is -0.277. The Kier molecular flexibility index (Phi) is 7.50. The van der Waals surface area contributed by atoms with Crippen LogP contribution in [0.5, 0.6) is 0 Å². The van der Waals surface area contributed by atoms with E-state index >= 15 is 4.39 Å². The van der Waals surface area contributed by atoms with E-state index in [4.69, 9.17) is 5.41 Å². The molecule has 3 aromatic rings. The molecule has 1 aromatic carbocycles. The molecule has 1 aliphatic carbocycles. The number of benzene rings is 1. The van der Waals surface area contributed by atoms with Crippen molar-refractivity contribution >= 4 is 61.7 Å². The lowest BCUT2D eigenvalue weighted by molar-refractivity contribution is 0.103. The summed E-state index contributed by atoms with van der Waals surface area (Å²) in [6.07, 6.45) is 9.36. The van der Waals surface area contributed by atoms with E-state index in [-0.39, 0.29) is 40.3 Å². The number of allylic oxidation sites excluding steroid dienone is 3. The van der Waals surface area contributed by atoms with E-state index in [1.807, 2.05) is 0 Å². The van der Waals surface area contributed by atoms with Gasteiger partial charge in [-0.3, -0.25) is 14.9 Å². The molecule has 10 nitrogen and oxygen atoms in total. The van der Waals surface area contributed by atoms with Crippen LogP contribution in [0.25, 0.3) is 11.0 Å². The molecule has 4 N–H and O–H groups in total. The highest BCUT2D eigenvalue weighted by Gasteiger charge is 2.27. The number of hydrogen-bond donors (Lipinski definition) is 4. The third kappa shape index (κ3) is 5.44. The zero-order valence-electron chi connectivity index (χ0n) is 19.6. The number of carbonyl (C=O) groups excluding carboxylic acids is 1. The summed E-state index contributed by atoms with van der Waals surface area (Å²) in [6, 6.07) is 1.74. The lowest BCUT2D eigenvalue weighted by Crippen LogP contribution is -2.18. The van der Waals surface area contributed by atoms with Gasteiger partial charge in [0, 0.05) is 18.1 Å². The summed E-state index contributed by atoms with van der Waals surface area (Å²) in [4.78, 5) is 24.4. The highest BCUT2D eigenvalue weighted by molar-refractivity contribution is 7.97. The molecular weight excluding hydrogens is 524 g/mol. The van der Waals surface area contributed by atoms with E-state index in [1.165, 1.54) is 30.5 Å². The molecule has 0 saturated heterocycles. The Morgan fingerprint density at radius 1 is 1.24 bits per heavy atom. The first-order valence-corrected chi connectivity index (χ1v) is 13.7. The number of H-pyrrole nitrogens is 1. The molecule has 0 atom stereocenters. The first-order chi connectivity index (χ1) is 17.6. The van der Waals surface area contributed by atoms with Crippen molar-refractivity contribution in [1.82, 2.24) is 15.0 Å². The fourth-order valence-electron chi connectivity index (χ4n) is 3.63. The maximum Gasteiger partial charge on any atom is 0.232 e. The lowest BCUT2D eigenvalue weighted by Gasteiger charge is -2.13. The molecule has 0 radical (unpaired) electrons. The SMILES string of the molecule is CCCS(=O)(=O)Nc1ccc(F)c(C(=O)c2c[nH]c3ncnc(NC4=CC(=N)/C(=N\SC)C=C4)c23)c1F. The number of sulfonamides is 1. The number of anilines is 2. The predicted octanol–water partition coefficient (Wildman–Crippen LogP) is 4.22. The Labute approximate surface area is 215 Å². The van der Waals surface area contributed by atoms with Crippen LogP contribution >= 0.6 is 11.9 Å². The van der Waals surface area contributed by atoms with Gasteiger partial charge in [0.2, 0.25) is 15.8 Å². The number of rotatable bonds is 9. The molecule has 2 heterocycles. The van der Waals surface area contributed by atoms with Crippen LogP contribution in [0.15, 0.2) is 53.0 Å². The molecule has 4 rings (SSSR count). The van der Waals surface area contributed by atoms with Gasteiger partial charge >= 0.3 is 0 Å². The normalized spacial score (nSPS) is 14.8. The van der Waals surface area contributed by atoms with Crippen LogP contribution in [0.4, 0.5) is 20.3 Å². The monoisotopic (exact) mass is 545 g/mol. The van der Waals surface area contributed by atoms with Crippen LogP contribution in [-0.4, -0.2) is 52.6 Å². The second-order valence-electron chi connectivity index (χ2n) is 7.81. The van der Waals surface area contributed by atoms with Crippen molar-refractivity contribution < 1.29 is 22.0 Å². The highest BCUT2D eigenvalue weighted by Crippen LogP contribution is 2.30. The van der Waals surface area contributed by atoms with Crippen molar-refractivity contribution in [3.05, 3.63) is 71.3 Å². The number of nitrogens with zero attached hydrogens (tertiary/aromatic N) is 3. The van der Waals surface area contributed by atoms with Gasteiger partial charge in [-0.15, -0.1) is 0 Å². The molecule has 192 valence electrons. The van der Waals surface area contributed by atoms with E-state index in [2.05, 4.69) is 29.4 Å². The van der Waals surface area contributed by atoms with Crippen LogP contribution in [0.3, 0.4) is 0 Å². The van der Waals surface area contributed by atoms with Crippen LogP contribution in [0.2, 0.25) is 0 Å².